The zero-order valence-corrected chi connectivity index (χ0v) is 13.1. The van der Waals surface area contributed by atoms with Gasteiger partial charge in [0, 0.05) is 6.07 Å². The predicted octanol–water partition coefficient (Wildman–Crippen LogP) is 2.60. The number of nitrogens with zero attached hydrogens (tertiary/aromatic N) is 2. The second kappa shape index (κ2) is 4.12. The summed E-state index contributed by atoms with van der Waals surface area (Å²) in [5, 5.41) is 11.4. The van der Waals surface area contributed by atoms with Gasteiger partial charge in [0.2, 0.25) is 11.8 Å². The number of hydrogen-bond acceptors (Lipinski definition) is 4. The molecule has 6 heteroatoms. The maximum Gasteiger partial charge on any atom is 0.293 e. The van der Waals surface area contributed by atoms with E-state index in [9.17, 15) is 19.7 Å². The molecule has 122 valence electrons. The van der Waals surface area contributed by atoms with E-state index in [1.54, 1.807) is 13.0 Å². The van der Waals surface area contributed by atoms with Crippen molar-refractivity contribution in [2.24, 2.45) is 29.1 Å². The van der Waals surface area contributed by atoms with Gasteiger partial charge >= 0.3 is 0 Å². The Hall–Kier alpha value is -2.50. The lowest BCUT2D eigenvalue weighted by Crippen LogP contribution is -2.35. The fourth-order valence-electron chi connectivity index (χ4n) is 5.28. The topological polar surface area (TPSA) is 80.5 Å². The van der Waals surface area contributed by atoms with Crippen molar-refractivity contribution in [3.05, 3.63) is 46.0 Å². The SMILES string of the molecule is Cc1ccc(N2C(=O)[C@@H]3[C@H](C2=O)[C@H]2C=C[C@@H]3C23CC3)c([N+](=O)[O-])c1. The van der Waals surface area contributed by atoms with Gasteiger partial charge in [-0.1, -0.05) is 18.2 Å². The zero-order valence-electron chi connectivity index (χ0n) is 13.1. The van der Waals surface area contributed by atoms with E-state index in [1.165, 1.54) is 12.1 Å². The minimum Gasteiger partial charge on any atom is -0.274 e. The minimum absolute atomic E-state index is 0.110. The molecule has 24 heavy (non-hydrogen) atoms. The Bertz CT molecular complexity index is 821. The molecule has 1 aromatic rings. The summed E-state index contributed by atoms with van der Waals surface area (Å²) in [6.07, 6.45) is 6.34. The molecular formula is C18H16N2O4. The Morgan fingerprint density at radius 1 is 1.12 bits per heavy atom. The molecule has 2 amide bonds. The molecule has 6 nitrogen and oxygen atoms in total. The largest absolute Gasteiger partial charge is 0.293 e. The third-order valence-electron chi connectivity index (χ3n) is 6.42. The van der Waals surface area contributed by atoms with Gasteiger partial charge in [-0.15, -0.1) is 0 Å². The summed E-state index contributed by atoms with van der Waals surface area (Å²) >= 11 is 0. The number of amides is 2. The van der Waals surface area contributed by atoms with Crippen molar-refractivity contribution >= 4 is 23.2 Å². The number of benzene rings is 1. The standard InChI is InChI=1S/C18H16N2O4/c1-9-2-5-12(13(8-9)20(23)24)19-16(21)14-10-3-4-11(15(14)17(19)22)18(10)6-7-18/h2-5,8,10-11,14-15H,6-7H2,1H3/t10-,11+,14-,15+. The molecule has 1 heterocycles. The highest BCUT2D eigenvalue weighted by molar-refractivity contribution is 6.24. The Kier molecular flexibility index (Phi) is 2.39. The Morgan fingerprint density at radius 2 is 1.71 bits per heavy atom. The van der Waals surface area contributed by atoms with E-state index in [1.807, 2.05) is 0 Å². The smallest absolute Gasteiger partial charge is 0.274 e. The van der Waals surface area contributed by atoms with E-state index in [0.717, 1.165) is 23.3 Å². The minimum atomic E-state index is -0.522. The first-order chi connectivity index (χ1) is 11.5. The maximum absolute atomic E-state index is 13.0. The summed E-state index contributed by atoms with van der Waals surface area (Å²) in [5.41, 5.74) is 0.784. The van der Waals surface area contributed by atoms with Crippen LogP contribution in [-0.4, -0.2) is 16.7 Å². The van der Waals surface area contributed by atoms with Crippen molar-refractivity contribution in [1.29, 1.82) is 0 Å². The molecule has 2 bridgehead atoms. The number of nitro benzene ring substituents is 1. The molecular weight excluding hydrogens is 308 g/mol. The second-order valence-corrected chi connectivity index (χ2v) is 7.48. The molecule has 0 N–H and O–H groups in total. The molecule has 1 saturated heterocycles. The third-order valence-corrected chi connectivity index (χ3v) is 6.42. The Balaban J connectivity index is 1.60. The van der Waals surface area contributed by atoms with Crippen LogP contribution in [0.3, 0.4) is 0 Å². The maximum atomic E-state index is 13.0. The Labute approximate surface area is 138 Å². The van der Waals surface area contributed by atoms with E-state index >= 15 is 0 Å². The van der Waals surface area contributed by atoms with Crippen LogP contribution in [-0.2, 0) is 9.59 Å². The molecule has 3 fully saturated rings. The average molecular weight is 324 g/mol. The number of carbonyl (C=O) groups excluding carboxylic acids is 2. The van der Waals surface area contributed by atoms with Crippen LogP contribution in [0, 0.1) is 46.1 Å². The van der Waals surface area contributed by atoms with Gasteiger partial charge in [-0.25, -0.2) is 4.90 Å². The number of nitro groups is 1. The summed E-state index contributed by atoms with van der Waals surface area (Å²) in [5.74, 6) is -0.955. The van der Waals surface area contributed by atoms with Crippen molar-refractivity contribution in [2.75, 3.05) is 4.90 Å². The molecule has 0 aromatic heterocycles. The quantitative estimate of drug-likeness (QED) is 0.362. The summed E-state index contributed by atoms with van der Waals surface area (Å²) in [6.45, 7) is 1.75. The van der Waals surface area contributed by atoms with Crippen molar-refractivity contribution in [1.82, 2.24) is 0 Å². The number of rotatable bonds is 2. The molecule has 0 radical (unpaired) electrons. The zero-order chi connectivity index (χ0) is 16.8. The van der Waals surface area contributed by atoms with E-state index in [-0.39, 0.29) is 52.3 Å². The number of allylic oxidation sites excluding steroid dienone is 2. The van der Waals surface area contributed by atoms with Gasteiger partial charge in [-0.05, 0) is 48.6 Å². The van der Waals surface area contributed by atoms with Crippen LogP contribution < -0.4 is 4.90 Å². The number of anilines is 1. The van der Waals surface area contributed by atoms with E-state index in [0.29, 0.717) is 0 Å². The van der Waals surface area contributed by atoms with Crippen LogP contribution in [0.2, 0.25) is 0 Å². The lowest BCUT2D eigenvalue weighted by atomic mass is 9.85. The number of imide groups is 1. The molecule has 1 aromatic carbocycles. The lowest BCUT2D eigenvalue weighted by molar-refractivity contribution is -0.384. The van der Waals surface area contributed by atoms with Gasteiger partial charge in [-0.2, -0.15) is 0 Å². The van der Waals surface area contributed by atoms with E-state index in [2.05, 4.69) is 12.2 Å². The lowest BCUT2D eigenvalue weighted by Gasteiger charge is -2.21. The van der Waals surface area contributed by atoms with Crippen molar-refractivity contribution in [3.63, 3.8) is 0 Å². The monoisotopic (exact) mass is 324 g/mol. The van der Waals surface area contributed by atoms with Crippen LogP contribution in [0.15, 0.2) is 30.4 Å². The van der Waals surface area contributed by atoms with Crippen molar-refractivity contribution in [2.45, 2.75) is 19.8 Å². The first kappa shape index (κ1) is 13.9. The van der Waals surface area contributed by atoms with Crippen LogP contribution in [0.4, 0.5) is 11.4 Å². The van der Waals surface area contributed by atoms with Crippen LogP contribution in [0.5, 0.6) is 0 Å². The van der Waals surface area contributed by atoms with Gasteiger partial charge in [0.1, 0.15) is 5.69 Å². The fraction of sp³-hybridized carbons (Fsp3) is 0.444. The highest BCUT2D eigenvalue weighted by atomic mass is 16.6. The summed E-state index contributed by atoms with van der Waals surface area (Å²) in [4.78, 5) is 38.0. The van der Waals surface area contributed by atoms with E-state index < -0.39 is 4.92 Å². The van der Waals surface area contributed by atoms with Gasteiger partial charge < -0.3 is 0 Å². The van der Waals surface area contributed by atoms with Gasteiger partial charge in [-0.3, -0.25) is 19.7 Å². The first-order valence-electron chi connectivity index (χ1n) is 8.27. The predicted molar refractivity (Wildman–Crippen MR) is 85.1 cm³/mol. The van der Waals surface area contributed by atoms with Crippen molar-refractivity contribution < 1.29 is 14.5 Å². The molecule has 4 atom stereocenters. The first-order valence-corrected chi connectivity index (χ1v) is 8.27. The molecule has 2 saturated carbocycles. The molecule has 5 rings (SSSR count). The van der Waals surface area contributed by atoms with Crippen LogP contribution in [0.25, 0.3) is 0 Å². The summed E-state index contributed by atoms with van der Waals surface area (Å²) in [7, 11) is 0. The molecule has 4 aliphatic rings. The molecule has 3 aliphatic carbocycles. The Morgan fingerprint density at radius 3 is 2.21 bits per heavy atom. The van der Waals surface area contributed by atoms with Gasteiger partial charge in [0.15, 0.2) is 0 Å². The van der Waals surface area contributed by atoms with E-state index in [4.69, 9.17) is 0 Å². The fourth-order valence-corrected chi connectivity index (χ4v) is 5.28. The van der Waals surface area contributed by atoms with Gasteiger partial charge in [0.05, 0.1) is 16.8 Å². The summed E-state index contributed by atoms with van der Waals surface area (Å²) in [6, 6.07) is 4.64. The summed E-state index contributed by atoms with van der Waals surface area (Å²) < 4.78 is 0. The highest BCUT2D eigenvalue weighted by Crippen LogP contribution is 2.73. The van der Waals surface area contributed by atoms with Crippen LogP contribution >= 0.6 is 0 Å². The number of carbonyl (C=O) groups is 2. The highest BCUT2D eigenvalue weighted by Gasteiger charge is 2.73. The number of aryl methyl sites for hydroxylation is 1. The molecule has 1 spiro atoms. The average Bonchev–Trinajstić information content (AvgIpc) is 3.14. The third kappa shape index (κ3) is 1.42. The molecule has 1 aliphatic heterocycles. The van der Waals surface area contributed by atoms with Crippen LogP contribution in [0.1, 0.15) is 18.4 Å². The number of fused-ring (bicyclic) bond motifs is 3. The normalized spacial score (nSPS) is 34.3. The van der Waals surface area contributed by atoms with Gasteiger partial charge in [0.25, 0.3) is 5.69 Å². The molecule has 0 unspecified atom stereocenters. The number of hydrogen-bond donors (Lipinski definition) is 0. The second-order valence-electron chi connectivity index (χ2n) is 7.48. The van der Waals surface area contributed by atoms with Crippen molar-refractivity contribution in [3.8, 4) is 0 Å².